The minimum Gasteiger partial charge on any atom is -0.455 e. The van der Waals surface area contributed by atoms with E-state index in [1.165, 1.54) is 7.11 Å². The zero-order valence-electron chi connectivity index (χ0n) is 31.6. The van der Waals surface area contributed by atoms with Crippen LogP contribution in [0, 0.1) is 11.8 Å². The van der Waals surface area contributed by atoms with Crippen molar-refractivity contribution < 1.29 is 38.5 Å². The summed E-state index contributed by atoms with van der Waals surface area (Å²) in [5.41, 5.74) is 0.975. The maximum atomic E-state index is 15.2. The van der Waals surface area contributed by atoms with Crippen molar-refractivity contribution in [1.29, 1.82) is 0 Å². The van der Waals surface area contributed by atoms with Crippen LogP contribution in [0.1, 0.15) is 64.0 Å². The highest BCUT2D eigenvalue weighted by Gasteiger charge is 2.73. The van der Waals surface area contributed by atoms with Crippen molar-refractivity contribution in [3.63, 3.8) is 0 Å². The third-order valence-electron chi connectivity index (χ3n) is 11.2. The van der Waals surface area contributed by atoms with Crippen LogP contribution in [-0.4, -0.2) is 104 Å². The second kappa shape index (κ2) is 17.7. The van der Waals surface area contributed by atoms with E-state index in [0.29, 0.717) is 37.1 Å². The molecule has 7 atom stereocenters. The number of carbonyl (C=O) groups is 4. The Morgan fingerprint density at radius 2 is 1.69 bits per heavy atom. The molecule has 4 aliphatic heterocycles. The molecule has 2 N–H and O–H groups in total. The van der Waals surface area contributed by atoms with Crippen LogP contribution in [-0.2, 0) is 33.4 Å². The lowest BCUT2D eigenvalue weighted by atomic mass is 9.74. The predicted octanol–water partition coefficient (Wildman–Crippen LogP) is 4.33. The summed E-state index contributed by atoms with van der Waals surface area (Å²) in [7, 11) is 1.52. The lowest BCUT2D eigenvalue weighted by molar-refractivity contribution is -0.162. The summed E-state index contributed by atoms with van der Waals surface area (Å²) < 4.78 is 18.5. The topological polar surface area (TPSA) is 138 Å². The number of benzene rings is 2. The molecule has 2 aromatic carbocycles. The van der Waals surface area contributed by atoms with Crippen molar-refractivity contribution in [1.82, 2.24) is 10.2 Å². The van der Waals surface area contributed by atoms with Gasteiger partial charge in [0.1, 0.15) is 23.7 Å². The molecule has 0 aromatic heterocycles. The Labute approximate surface area is 318 Å². The highest BCUT2D eigenvalue weighted by molar-refractivity contribution is 6.05. The number of hydrogen-bond donors (Lipinski definition) is 2. The molecule has 2 fully saturated rings. The van der Waals surface area contributed by atoms with Gasteiger partial charge >= 0.3 is 5.97 Å². The molecule has 0 unspecified atom stereocenters. The molecule has 5 bridgehead atoms. The molecular formula is C42H54N4O8. The number of nitrogens with one attached hydrogen (secondary N) is 1. The minimum absolute atomic E-state index is 0.0773. The van der Waals surface area contributed by atoms with E-state index in [0.717, 1.165) is 31.6 Å². The Morgan fingerprint density at radius 1 is 0.944 bits per heavy atom. The van der Waals surface area contributed by atoms with Gasteiger partial charge in [0.2, 0.25) is 11.8 Å². The van der Waals surface area contributed by atoms with Gasteiger partial charge in [0.25, 0.3) is 5.91 Å². The first-order valence-corrected chi connectivity index (χ1v) is 19.4. The lowest BCUT2D eigenvalue weighted by Gasteiger charge is -2.36. The highest BCUT2D eigenvalue weighted by atomic mass is 16.6. The molecule has 2 saturated heterocycles. The van der Waals surface area contributed by atoms with Crippen LogP contribution in [0.2, 0.25) is 0 Å². The molecule has 2 aromatic rings. The number of carbonyl (C=O) groups excluding carboxylic acids is 4. The fourth-order valence-corrected chi connectivity index (χ4v) is 8.51. The smallest absolute Gasteiger partial charge is 0.313 e. The van der Waals surface area contributed by atoms with E-state index in [2.05, 4.69) is 24.1 Å². The van der Waals surface area contributed by atoms with Crippen LogP contribution in [0.25, 0.3) is 0 Å². The quantitative estimate of drug-likeness (QED) is 0.175. The van der Waals surface area contributed by atoms with E-state index >= 15 is 4.79 Å². The zero-order chi connectivity index (χ0) is 38.2. The number of anilines is 2. The Kier molecular flexibility index (Phi) is 12.9. The van der Waals surface area contributed by atoms with E-state index < -0.39 is 47.7 Å². The number of cyclic esters (lactones) is 1. The SMILES string of the molecule is CCN(CC)c1ccc(N2C/C=C\CCC(=O)N[C@@H](COC)[C@H](c3ccccc3)OC(=O)[C@@H]3[C@H]4C(=O)N(CCCCCCO)[C@H](C2=O)[C@]42C=C[C@H]3O2)cc1. The second-order valence-corrected chi connectivity index (χ2v) is 14.4. The Balaban J connectivity index is 1.42. The maximum Gasteiger partial charge on any atom is 0.313 e. The number of rotatable bonds is 13. The van der Waals surface area contributed by atoms with Gasteiger partial charge in [-0.2, -0.15) is 0 Å². The molecule has 54 heavy (non-hydrogen) atoms. The number of nitrogens with zero attached hydrogens (tertiary/aromatic N) is 3. The van der Waals surface area contributed by atoms with E-state index in [1.54, 1.807) is 15.9 Å². The monoisotopic (exact) mass is 742 g/mol. The van der Waals surface area contributed by atoms with Crippen molar-refractivity contribution in [2.75, 3.05) is 56.3 Å². The Hall–Kier alpha value is -4.52. The van der Waals surface area contributed by atoms with Crippen molar-refractivity contribution in [2.45, 2.75) is 82.3 Å². The molecule has 0 saturated carbocycles. The van der Waals surface area contributed by atoms with Crippen LogP contribution in [0.5, 0.6) is 0 Å². The van der Waals surface area contributed by atoms with E-state index in [9.17, 15) is 19.5 Å². The van der Waals surface area contributed by atoms with Gasteiger partial charge in [-0.1, -0.05) is 67.5 Å². The van der Waals surface area contributed by atoms with Crippen molar-refractivity contribution in [3.05, 3.63) is 84.5 Å². The number of allylic oxidation sites excluding steroid dienone is 1. The number of unbranched alkanes of at least 4 members (excludes halogenated alkanes) is 3. The first-order chi connectivity index (χ1) is 26.3. The van der Waals surface area contributed by atoms with Crippen LogP contribution in [0.3, 0.4) is 0 Å². The normalized spacial score (nSPS) is 29.0. The molecule has 4 heterocycles. The van der Waals surface area contributed by atoms with Gasteiger partial charge in [-0.05, 0) is 62.9 Å². The molecule has 0 aliphatic carbocycles. The van der Waals surface area contributed by atoms with Crippen molar-refractivity contribution in [2.24, 2.45) is 11.8 Å². The summed E-state index contributed by atoms with van der Waals surface area (Å²) in [6.45, 7) is 6.52. The lowest BCUT2D eigenvalue weighted by Crippen LogP contribution is -2.56. The zero-order valence-corrected chi connectivity index (χ0v) is 31.6. The Morgan fingerprint density at radius 3 is 2.39 bits per heavy atom. The summed E-state index contributed by atoms with van der Waals surface area (Å²) in [5.74, 6) is -3.52. The summed E-state index contributed by atoms with van der Waals surface area (Å²) in [6.07, 6.45) is 9.07. The average Bonchev–Trinajstić information content (AvgIpc) is 3.83. The molecule has 6 rings (SSSR count). The molecule has 0 radical (unpaired) electrons. The van der Waals surface area contributed by atoms with Gasteiger partial charge in [0.05, 0.1) is 24.7 Å². The summed E-state index contributed by atoms with van der Waals surface area (Å²) >= 11 is 0. The number of esters is 1. The summed E-state index contributed by atoms with van der Waals surface area (Å²) in [4.78, 5) is 63.2. The number of ether oxygens (including phenoxy) is 3. The number of hydrogen-bond acceptors (Lipinski definition) is 9. The molecule has 290 valence electrons. The fraction of sp³-hybridized carbons (Fsp3) is 0.524. The van der Waals surface area contributed by atoms with Crippen LogP contribution >= 0.6 is 0 Å². The van der Waals surface area contributed by atoms with Gasteiger partial charge in [-0.15, -0.1) is 0 Å². The number of amides is 3. The van der Waals surface area contributed by atoms with Gasteiger partial charge in [0, 0.05) is 57.7 Å². The highest BCUT2D eigenvalue weighted by Crippen LogP contribution is 2.56. The first kappa shape index (κ1) is 39.2. The van der Waals surface area contributed by atoms with Gasteiger partial charge < -0.3 is 39.3 Å². The standard InChI is InChI=1S/C42H54N4O8/c1-4-44(5-2)30-19-21-31(22-20-30)45-25-14-9-12-18-34(48)43-32(28-52-3)37(29-16-10-8-11-17-29)53-41(51)35-33-23-24-42(54-33)36(35)39(49)46(38(42)40(45)50)26-13-6-7-15-27-47/h8-11,14,16-17,19-24,32-33,35-38,47H,4-7,12-13,15,18,25-28H2,1-3H3,(H,43,48)/b14-9-/t32-,33+,35-,36-,37-,38+,42-/m0/s1. The first-order valence-electron chi connectivity index (χ1n) is 19.4. The van der Waals surface area contributed by atoms with Crippen molar-refractivity contribution >= 4 is 35.1 Å². The van der Waals surface area contributed by atoms with Crippen LogP contribution in [0.4, 0.5) is 11.4 Å². The summed E-state index contributed by atoms with van der Waals surface area (Å²) in [5, 5.41) is 12.4. The molecule has 1 spiro atoms. The number of aliphatic hydroxyl groups is 1. The molecule has 12 nitrogen and oxygen atoms in total. The van der Waals surface area contributed by atoms with Gasteiger partial charge in [-0.3, -0.25) is 19.2 Å². The molecule has 3 amide bonds. The Bertz CT molecular complexity index is 1680. The van der Waals surface area contributed by atoms with E-state index in [-0.39, 0.29) is 43.9 Å². The maximum absolute atomic E-state index is 15.2. The van der Waals surface area contributed by atoms with Gasteiger partial charge in [-0.25, -0.2) is 0 Å². The number of aliphatic hydroxyl groups excluding tert-OH is 1. The minimum atomic E-state index is -1.38. The number of likely N-dealkylation sites (tertiary alicyclic amines) is 1. The van der Waals surface area contributed by atoms with Gasteiger partial charge in [0.15, 0.2) is 0 Å². The molecule has 4 aliphatic rings. The third-order valence-corrected chi connectivity index (χ3v) is 11.2. The number of methoxy groups -OCH3 is 1. The van der Waals surface area contributed by atoms with Crippen molar-refractivity contribution in [3.8, 4) is 0 Å². The molecule has 12 heteroatoms. The second-order valence-electron chi connectivity index (χ2n) is 14.4. The average molecular weight is 743 g/mol. The third kappa shape index (κ3) is 7.83. The molecular weight excluding hydrogens is 688 g/mol. The van der Waals surface area contributed by atoms with E-state index in [4.69, 9.17) is 14.2 Å². The van der Waals surface area contributed by atoms with E-state index in [1.807, 2.05) is 72.8 Å². The largest absolute Gasteiger partial charge is 0.455 e. The predicted molar refractivity (Wildman–Crippen MR) is 205 cm³/mol. The van der Waals surface area contributed by atoms with Crippen LogP contribution in [0.15, 0.2) is 78.9 Å². The number of fused-ring (bicyclic) bond motifs is 2. The van der Waals surface area contributed by atoms with Crippen LogP contribution < -0.4 is 15.1 Å². The fourth-order valence-electron chi connectivity index (χ4n) is 8.51. The summed E-state index contributed by atoms with van der Waals surface area (Å²) in [6, 6.07) is 15.3.